The molecule has 0 atom stereocenters. The highest BCUT2D eigenvalue weighted by Gasteiger charge is 2.34. The van der Waals surface area contributed by atoms with Gasteiger partial charge in [0, 0.05) is 36.1 Å². The third kappa shape index (κ3) is 5.55. The van der Waals surface area contributed by atoms with Crippen molar-refractivity contribution in [3.63, 3.8) is 0 Å². The van der Waals surface area contributed by atoms with E-state index in [1.54, 1.807) is 36.5 Å². The van der Waals surface area contributed by atoms with Gasteiger partial charge in [-0.3, -0.25) is 9.20 Å². The first kappa shape index (κ1) is 22.9. The summed E-state index contributed by atoms with van der Waals surface area (Å²) in [5.41, 5.74) is -0.108. The molecule has 10 heteroatoms. The maximum absolute atomic E-state index is 13.0. The van der Waals surface area contributed by atoms with E-state index in [2.05, 4.69) is 25.9 Å². The number of hydrogen-bond donors (Lipinski definition) is 3. The van der Waals surface area contributed by atoms with Crippen LogP contribution in [0.4, 0.5) is 24.8 Å². The number of aromatic nitrogens is 3. The Kier molecular flexibility index (Phi) is 6.44. The SMILES string of the molecule is CC(C)Nc1cc(C(=O)NC2CCC(Nc3cccc4nc(C(F)(F)F)cn34)CC2)ccn1. The zero-order valence-corrected chi connectivity index (χ0v) is 18.5. The van der Waals surface area contributed by atoms with Crippen molar-refractivity contribution in [3.8, 4) is 0 Å². The van der Waals surface area contributed by atoms with Gasteiger partial charge in [-0.1, -0.05) is 6.07 Å². The summed E-state index contributed by atoms with van der Waals surface area (Å²) in [6, 6.07) is 8.77. The fourth-order valence-corrected chi connectivity index (χ4v) is 4.07. The Morgan fingerprint density at radius 3 is 2.55 bits per heavy atom. The largest absolute Gasteiger partial charge is 0.434 e. The molecule has 3 aromatic rings. The highest BCUT2D eigenvalue weighted by Crippen LogP contribution is 2.30. The van der Waals surface area contributed by atoms with Crippen molar-refractivity contribution >= 4 is 23.2 Å². The van der Waals surface area contributed by atoms with Gasteiger partial charge >= 0.3 is 6.18 Å². The quantitative estimate of drug-likeness (QED) is 0.496. The zero-order valence-electron chi connectivity index (χ0n) is 18.5. The molecule has 0 aliphatic heterocycles. The summed E-state index contributed by atoms with van der Waals surface area (Å²) in [5.74, 6) is 1.10. The van der Waals surface area contributed by atoms with Crippen LogP contribution in [0.25, 0.3) is 5.65 Å². The summed E-state index contributed by atoms with van der Waals surface area (Å²) in [5, 5.41) is 9.62. The minimum absolute atomic E-state index is 0.0473. The summed E-state index contributed by atoms with van der Waals surface area (Å²) in [4.78, 5) is 20.6. The molecular formula is C23H27F3N6O. The predicted molar refractivity (Wildman–Crippen MR) is 120 cm³/mol. The predicted octanol–water partition coefficient (Wildman–Crippen LogP) is 4.72. The number of rotatable bonds is 6. The van der Waals surface area contributed by atoms with Crippen LogP contribution in [0.15, 0.2) is 42.7 Å². The molecule has 3 N–H and O–H groups in total. The molecule has 0 bridgehead atoms. The van der Waals surface area contributed by atoms with Crippen molar-refractivity contribution in [1.82, 2.24) is 19.7 Å². The third-order valence-electron chi connectivity index (χ3n) is 5.66. The lowest BCUT2D eigenvalue weighted by atomic mass is 9.91. The second-order valence-electron chi connectivity index (χ2n) is 8.66. The number of nitrogens with zero attached hydrogens (tertiary/aromatic N) is 3. The lowest BCUT2D eigenvalue weighted by molar-refractivity contribution is -0.140. The lowest BCUT2D eigenvalue weighted by Crippen LogP contribution is -2.40. The maximum Gasteiger partial charge on any atom is 0.434 e. The van der Waals surface area contributed by atoms with Crippen LogP contribution < -0.4 is 16.0 Å². The van der Waals surface area contributed by atoms with Crippen LogP contribution in [0.3, 0.4) is 0 Å². The van der Waals surface area contributed by atoms with Gasteiger partial charge in [-0.2, -0.15) is 13.2 Å². The second-order valence-corrected chi connectivity index (χ2v) is 8.66. The summed E-state index contributed by atoms with van der Waals surface area (Å²) in [7, 11) is 0. The van der Waals surface area contributed by atoms with Crippen molar-refractivity contribution in [3.05, 3.63) is 54.0 Å². The Morgan fingerprint density at radius 1 is 1.12 bits per heavy atom. The van der Waals surface area contributed by atoms with Crippen LogP contribution in [-0.4, -0.2) is 38.4 Å². The van der Waals surface area contributed by atoms with E-state index in [9.17, 15) is 18.0 Å². The molecule has 0 unspecified atom stereocenters. The van der Waals surface area contributed by atoms with Gasteiger partial charge in [0.25, 0.3) is 5.91 Å². The van der Waals surface area contributed by atoms with Crippen LogP contribution in [0.5, 0.6) is 0 Å². The van der Waals surface area contributed by atoms with E-state index in [0.717, 1.165) is 31.9 Å². The summed E-state index contributed by atoms with van der Waals surface area (Å²) in [6.07, 6.45) is 1.28. The first-order valence-corrected chi connectivity index (χ1v) is 11.0. The van der Waals surface area contributed by atoms with E-state index in [4.69, 9.17) is 0 Å². The molecule has 7 nitrogen and oxygen atoms in total. The summed E-state index contributed by atoms with van der Waals surface area (Å²) >= 11 is 0. The lowest BCUT2D eigenvalue weighted by Gasteiger charge is -2.30. The number of amides is 1. The van der Waals surface area contributed by atoms with E-state index in [-0.39, 0.29) is 29.7 Å². The van der Waals surface area contributed by atoms with E-state index in [0.29, 0.717) is 17.2 Å². The van der Waals surface area contributed by atoms with Crippen LogP contribution in [-0.2, 0) is 6.18 Å². The number of pyridine rings is 2. The van der Waals surface area contributed by atoms with Gasteiger partial charge in [-0.15, -0.1) is 0 Å². The van der Waals surface area contributed by atoms with Gasteiger partial charge in [0.15, 0.2) is 5.69 Å². The average molecular weight is 461 g/mol. The fourth-order valence-electron chi connectivity index (χ4n) is 4.07. The van der Waals surface area contributed by atoms with Gasteiger partial charge < -0.3 is 16.0 Å². The Morgan fingerprint density at radius 2 is 1.85 bits per heavy atom. The fraction of sp³-hybridized carbons (Fsp3) is 0.435. The van der Waals surface area contributed by atoms with Crippen LogP contribution in [0.2, 0.25) is 0 Å². The molecular weight excluding hydrogens is 433 g/mol. The molecule has 0 radical (unpaired) electrons. The maximum atomic E-state index is 13.0. The number of halogens is 3. The molecule has 0 spiro atoms. The zero-order chi connectivity index (χ0) is 23.6. The van der Waals surface area contributed by atoms with Crippen LogP contribution >= 0.6 is 0 Å². The molecule has 0 aromatic carbocycles. The monoisotopic (exact) mass is 460 g/mol. The number of carbonyl (C=O) groups is 1. The molecule has 1 amide bonds. The van der Waals surface area contributed by atoms with Gasteiger partial charge in [-0.05, 0) is 63.8 Å². The number of imidazole rings is 1. The molecule has 176 valence electrons. The number of nitrogens with one attached hydrogen (secondary N) is 3. The minimum atomic E-state index is -4.49. The molecule has 1 aliphatic carbocycles. The molecule has 0 saturated heterocycles. The van der Waals surface area contributed by atoms with E-state index in [1.807, 2.05) is 13.8 Å². The van der Waals surface area contributed by atoms with Crippen molar-refractivity contribution in [1.29, 1.82) is 0 Å². The van der Waals surface area contributed by atoms with Gasteiger partial charge in [-0.25, -0.2) is 9.97 Å². The Labute approximate surface area is 189 Å². The van der Waals surface area contributed by atoms with Gasteiger partial charge in [0.1, 0.15) is 17.3 Å². The van der Waals surface area contributed by atoms with Crippen molar-refractivity contribution in [2.75, 3.05) is 10.6 Å². The summed E-state index contributed by atoms with van der Waals surface area (Å²) in [6.45, 7) is 4.01. The summed E-state index contributed by atoms with van der Waals surface area (Å²) < 4.78 is 40.5. The topological polar surface area (TPSA) is 83.4 Å². The van der Waals surface area contributed by atoms with Crippen molar-refractivity contribution in [2.45, 2.75) is 63.8 Å². The standard InChI is InChI=1S/C23H27F3N6O/c1-14(2)28-19-12-15(10-11-27-19)22(33)30-17-8-6-16(7-9-17)29-20-4-3-5-21-31-18(13-32(20)21)23(24,25)26/h3-5,10-14,16-17,29H,6-9H2,1-2H3,(H,27,28)(H,30,33). The Hall–Kier alpha value is -3.30. The van der Waals surface area contributed by atoms with Gasteiger partial charge in [0.05, 0.1) is 0 Å². The molecule has 1 fully saturated rings. The highest BCUT2D eigenvalue weighted by molar-refractivity contribution is 5.95. The average Bonchev–Trinajstić information content (AvgIpc) is 3.21. The normalized spacial score (nSPS) is 19.0. The first-order valence-electron chi connectivity index (χ1n) is 11.0. The smallest absolute Gasteiger partial charge is 0.368 e. The molecule has 4 rings (SSSR count). The Bertz CT molecular complexity index is 1120. The van der Waals surface area contributed by atoms with Crippen LogP contribution in [0, 0.1) is 0 Å². The first-order chi connectivity index (χ1) is 15.7. The van der Waals surface area contributed by atoms with E-state index >= 15 is 0 Å². The van der Waals surface area contributed by atoms with E-state index < -0.39 is 11.9 Å². The highest BCUT2D eigenvalue weighted by atomic mass is 19.4. The van der Waals surface area contributed by atoms with Crippen molar-refractivity contribution in [2.24, 2.45) is 0 Å². The molecule has 1 saturated carbocycles. The number of carbonyl (C=O) groups excluding carboxylic acids is 1. The Balaban J connectivity index is 1.34. The number of fused-ring (bicyclic) bond motifs is 1. The molecule has 1 aliphatic rings. The number of hydrogen-bond acceptors (Lipinski definition) is 5. The molecule has 33 heavy (non-hydrogen) atoms. The van der Waals surface area contributed by atoms with E-state index in [1.165, 1.54) is 4.40 Å². The second kappa shape index (κ2) is 9.29. The third-order valence-corrected chi connectivity index (χ3v) is 5.66. The minimum Gasteiger partial charge on any atom is -0.368 e. The van der Waals surface area contributed by atoms with Crippen molar-refractivity contribution < 1.29 is 18.0 Å². The number of alkyl halides is 3. The van der Waals surface area contributed by atoms with Crippen LogP contribution in [0.1, 0.15) is 55.6 Å². The van der Waals surface area contributed by atoms with Gasteiger partial charge in [0.2, 0.25) is 0 Å². The molecule has 3 heterocycles. The number of anilines is 2. The molecule has 3 aromatic heterocycles.